The maximum Gasteiger partial charge on any atom is 0.413 e. The lowest BCUT2D eigenvalue weighted by Crippen LogP contribution is -2.61. The van der Waals surface area contributed by atoms with Gasteiger partial charge in [0, 0.05) is 19.3 Å². The number of nitrogens with one attached hydrogen (secondary N) is 1. The zero-order valence-electron chi connectivity index (χ0n) is 12.8. The molecule has 0 radical (unpaired) electrons. The molecule has 2 heterocycles. The van der Waals surface area contributed by atoms with Gasteiger partial charge in [0.05, 0.1) is 5.69 Å². The maximum absolute atomic E-state index is 12.4. The Bertz CT molecular complexity index is 715. The van der Waals surface area contributed by atoms with Crippen molar-refractivity contribution >= 4 is 23.5 Å². The van der Waals surface area contributed by atoms with E-state index in [1.165, 1.54) is 17.2 Å². The quantitative estimate of drug-likeness (QED) is 0.763. The Balaban J connectivity index is 2.09. The molecule has 2 aliphatic heterocycles. The SMILES string of the molecule is CC1NC(C2C(=O)C=CN(C)C2=O)N(C(=O)O)c2ccccc21. The zero-order chi connectivity index (χ0) is 16.7. The Hall–Kier alpha value is -2.67. The standard InChI is InChI=1S/C16H17N3O4/c1-9-10-5-3-4-6-11(10)19(16(22)23)14(17-9)13-12(20)7-8-18(2)15(13)21/h3-9,13-14,17H,1-2H3,(H,22,23). The van der Waals surface area contributed by atoms with E-state index in [4.69, 9.17) is 0 Å². The van der Waals surface area contributed by atoms with Crippen LogP contribution in [0.2, 0.25) is 0 Å². The highest BCUT2D eigenvalue weighted by molar-refractivity contribution is 6.11. The summed E-state index contributed by atoms with van der Waals surface area (Å²) < 4.78 is 0. The number of para-hydroxylation sites is 1. The fraction of sp³-hybridized carbons (Fsp3) is 0.312. The van der Waals surface area contributed by atoms with Gasteiger partial charge in [-0.3, -0.25) is 19.8 Å². The Morgan fingerprint density at radius 2 is 1.96 bits per heavy atom. The number of carbonyl (C=O) groups excluding carboxylic acids is 2. The summed E-state index contributed by atoms with van der Waals surface area (Å²) >= 11 is 0. The molecular formula is C16H17N3O4. The third-order valence-corrected chi connectivity index (χ3v) is 4.27. The molecule has 23 heavy (non-hydrogen) atoms. The molecule has 1 aromatic carbocycles. The minimum absolute atomic E-state index is 0.177. The third kappa shape index (κ3) is 2.39. The van der Waals surface area contributed by atoms with E-state index in [0.29, 0.717) is 5.69 Å². The molecule has 1 aromatic rings. The van der Waals surface area contributed by atoms with E-state index >= 15 is 0 Å². The molecule has 0 aliphatic carbocycles. The van der Waals surface area contributed by atoms with Gasteiger partial charge in [-0.1, -0.05) is 18.2 Å². The molecule has 0 fully saturated rings. The van der Waals surface area contributed by atoms with Crippen molar-refractivity contribution in [1.82, 2.24) is 10.2 Å². The highest BCUT2D eigenvalue weighted by atomic mass is 16.4. The summed E-state index contributed by atoms with van der Waals surface area (Å²) in [6, 6.07) is 6.90. The summed E-state index contributed by atoms with van der Waals surface area (Å²) in [5, 5.41) is 12.7. The lowest BCUT2D eigenvalue weighted by Gasteiger charge is -2.42. The van der Waals surface area contributed by atoms with Crippen molar-refractivity contribution in [2.45, 2.75) is 19.1 Å². The number of amides is 2. The highest BCUT2D eigenvalue weighted by Crippen LogP contribution is 2.35. The van der Waals surface area contributed by atoms with Gasteiger partial charge in [-0.05, 0) is 24.6 Å². The second-order valence-electron chi connectivity index (χ2n) is 5.69. The van der Waals surface area contributed by atoms with Crippen LogP contribution in [-0.4, -0.2) is 41.0 Å². The van der Waals surface area contributed by atoms with Crippen LogP contribution in [0.3, 0.4) is 0 Å². The van der Waals surface area contributed by atoms with E-state index < -0.39 is 29.9 Å². The number of benzene rings is 1. The number of nitrogens with zero attached hydrogens (tertiary/aromatic N) is 2. The third-order valence-electron chi connectivity index (χ3n) is 4.27. The number of fused-ring (bicyclic) bond motifs is 1. The minimum Gasteiger partial charge on any atom is -0.465 e. The van der Waals surface area contributed by atoms with Crippen molar-refractivity contribution in [3.8, 4) is 0 Å². The van der Waals surface area contributed by atoms with Gasteiger partial charge in [-0.25, -0.2) is 4.79 Å². The van der Waals surface area contributed by atoms with Crippen molar-refractivity contribution in [2.24, 2.45) is 5.92 Å². The average Bonchev–Trinajstić information content (AvgIpc) is 2.51. The van der Waals surface area contributed by atoms with E-state index in [1.807, 2.05) is 19.1 Å². The van der Waals surface area contributed by atoms with Crippen molar-refractivity contribution in [3.05, 3.63) is 42.1 Å². The van der Waals surface area contributed by atoms with Crippen LogP contribution in [0.4, 0.5) is 10.5 Å². The first-order valence-electron chi connectivity index (χ1n) is 7.27. The summed E-state index contributed by atoms with van der Waals surface area (Å²) in [4.78, 5) is 38.8. The molecule has 7 heteroatoms. The second-order valence-corrected chi connectivity index (χ2v) is 5.69. The van der Waals surface area contributed by atoms with Gasteiger partial charge in [0.1, 0.15) is 12.1 Å². The maximum atomic E-state index is 12.4. The topological polar surface area (TPSA) is 90.0 Å². The normalized spacial score (nSPS) is 27.1. The average molecular weight is 315 g/mol. The fourth-order valence-corrected chi connectivity index (χ4v) is 3.10. The monoisotopic (exact) mass is 315 g/mol. The Labute approximate surface area is 133 Å². The minimum atomic E-state index is -1.21. The van der Waals surface area contributed by atoms with Gasteiger partial charge < -0.3 is 10.0 Å². The summed E-state index contributed by atoms with van der Waals surface area (Å²) in [5.41, 5.74) is 1.31. The number of carbonyl (C=O) groups is 3. The molecule has 2 amide bonds. The summed E-state index contributed by atoms with van der Waals surface area (Å²) in [5.74, 6) is -1.92. The number of hydrogen-bond acceptors (Lipinski definition) is 4. The summed E-state index contributed by atoms with van der Waals surface area (Å²) in [6.45, 7) is 1.88. The van der Waals surface area contributed by atoms with Crippen LogP contribution in [-0.2, 0) is 9.59 Å². The molecule has 3 rings (SSSR count). The second kappa shape index (κ2) is 5.51. The number of anilines is 1. The molecule has 2 aliphatic rings. The Morgan fingerprint density at radius 3 is 2.65 bits per heavy atom. The van der Waals surface area contributed by atoms with E-state index in [1.54, 1.807) is 19.2 Å². The number of ketones is 1. The summed E-state index contributed by atoms with van der Waals surface area (Å²) in [7, 11) is 1.55. The highest BCUT2D eigenvalue weighted by Gasteiger charge is 2.46. The number of hydrogen-bond donors (Lipinski definition) is 2. The molecular weight excluding hydrogens is 298 g/mol. The van der Waals surface area contributed by atoms with Crippen LogP contribution in [0.5, 0.6) is 0 Å². The first kappa shape index (κ1) is 15.2. The van der Waals surface area contributed by atoms with Crippen LogP contribution in [0, 0.1) is 5.92 Å². The van der Waals surface area contributed by atoms with Crippen molar-refractivity contribution < 1.29 is 19.5 Å². The lowest BCUT2D eigenvalue weighted by atomic mass is 9.90. The molecule has 2 N–H and O–H groups in total. The van der Waals surface area contributed by atoms with Crippen LogP contribution in [0.25, 0.3) is 0 Å². The van der Waals surface area contributed by atoms with Gasteiger partial charge in [0.2, 0.25) is 5.91 Å². The molecule has 0 spiro atoms. The molecule has 0 saturated heterocycles. The largest absolute Gasteiger partial charge is 0.465 e. The van der Waals surface area contributed by atoms with Gasteiger partial charge in [0.25, 0.3) is 0 Å². The predicted molar refractivity (Wildman–Crippen MR) is 82.7 cm³/mol. The van der Waals surface area contributed by atoms with Gasteiger partial charge in [-0.15, -0.1) is 0 Å². The van der Waals surface area contributed by atoms with Gasteiger partial charge >= 0.3 is 6.09 Å². The lowest BCUT2D eigenvalue weighted by molar-refractivity contribution is -0.139. The van der Waals surface area contributed by atoms with Crippen LogP contribution in [0.1, 0.15) is 18.5 Å². The zero-order valence-corrected chi connectivity index (χ0v) is 12.8. The van der Waals surface area contributed by atoms with Crippen molar-refractivity contribution in [3.63, 3.8) is 0 Å². The van der Waals surface area contributed by atoms with E-state index in [-0.39, 0.29) is 6.04 Å². The number of rotatable bonds is 1. The molecule has 7 nitrogen and oxygen atoms in total. The molecule has 120 valence electrons. The summed E-state index contributed by atoms with van der Waals surface area (Å²) in [6.07, 6.45) is 0.551. The van der Waals surface area contributed by atoms with Gasteiger partial charge in [0.15, 0.2) is 5.78 Å². The first-order chi connectivity index (χ1) is 10.9. The molecule has 0 saturated carbocycles. The fourth-order valence-electron chi connectivity index (χ4n) is 3.10. The van der Waals surface area contributed by atoms with Crippen LogP contribution >= 0.6 is 0 Å². The molecule has 3 atom stereocenters. The van der Waals surface area contributed by atoms with Crippen molar-refractivity contribution in [2.75, 3.05) is 11.9 Å². The number of allylic oxidation sites excluding steroid dienone is 1. The van der Waals surface area contributed by atoms with Crippen LogP contribution < -0.4 is 10.2 Å². The Morgan fingerprint density at radius 1 is 1.26 bits per heavy atom. The van der Waals surface area contributed by atoms with E-state index in [0.717, 1.165) is 10.5 Å². The first-order valence-corrected chi connectivity index (χ1v) is 7.27. The molecule has 0 bridgehead atoms. The van der Waals surface area contributed by atoms with E-state index in [9.17, 15) is 19.5 Å². The number of carboxylic acid groups (broad SMARTS) is 1. The van der Waals surface area contributed by atoms with E-state index in [2.05, 4.69) is 5.32 Å². The van der Waals surface area contributed by atoms with Crippen molar-refractivity contribution in [1.29, 1.82) is 0 Å². The molecule has 0 aromatic heterocycles. The smallest absolute Gasteiger partial charge is 0.413 e. The predicted octanol–water partition coefficient (Wildman–Crippen LogP) is 1.33. The van der Waals surface area contributed by atoms with Crippen LogP contribution in [0.15, 0.2) is 36.5 Å². The Kier molecular flexibility index (Phi) is 3.65. The van der Waals surface area contributed by atoms with Gasteiger partial charge in [-0.2, -0.15) is 0 Å². The molecule has 3 unspecified atom stereocenters.